The molecule has 2 aromatic carbocycles. The van der Waals surface area contributed by atoms with Crippen LogP contribution in [0.4, 0.5) is 4.39 Å². The lowest BCUT2D eigenvalue weighted by Crippen LogP contribution is -2.08. The normalized spacial score (nSPS) is 21.4. The monoisotopic (exact) mass is 324 g/mol. The van der Waals surface area contributed by atoms with Crippen molar-refractivity contribution in [3.63, 3.8) is 0 Å². The van der Waals surface area contributed by atoms with Crippen molar-refractivity contribution >= 4 is 29.2 Å². The summed E-state index contributed by atoms with van der Waals surface area (Å²) in [6.07, 6.45) is -0.401. The summed E-state index contributed by atoms with van der Waals surface area (Å²) >= 11 is 11.7. The molecule has 1 saturated heterocycles. The number of hydrogen-bond acceptors (Lipinski definition) is 2. The maximum atomic E-state index is 14.1. The molecule has 0 aliphatic carbocycles. The van der Waals surface area contributed by atoms with E-state index < -0.39 is 11.9 Å². The maximum absolute atomic E-state index is 14.1. The molecule has 2 atom stereocenters. The lowest BCUT2D eigenvalue weighted by Gasteiger charge is -2.19. The summed E-state index contributed by atoms with van der Waals surface area (Å²) in [5.74, 6) is -1.16. The minimum Gasteiger partial charge on any atom is -0.457 e. The minimum absolute atomic E-state index is 0.135. The molecule has 0 unspecified atom stereocenters. The number of benzene rings is 2. The second-order valence-electron chi connectivity index (χ2n) is 4.94. The fraction of sp³-hybridized carbons (Fsp3) is 0.188. The zero-order chi connectivity index (χ0) is 15.0. The van der Waals surface area contributed by atoms with Gasteiger partial charge >= 0.3 is 5.97 Å². The highest BCUT2D eigenvalue weighted by molar-refractivity contribution is 6.30. The number of hydrogen-bond donors (Lipinski definition) is 0. The number of esters is 1. The number of cyclic esters (lactones) is 1. The van der Waals surface area contributed by atoms with Gasteiger partial charge in [0, 0.05) is 16.0 Å². The van der Waals surface area contributed by atoms with Crippen molar-refractivity contribution in [2.45, 2.75) is 18.4 Å². The van der Waals surface area contributed by atoms with Gasteiger partial charge in [0.15, 0.2) is 0 Å². The maximum Gasteiger partial charge on any atom is 0.307 e. The van der Waals surface area contributed by atoms with E-state index in [1.54, 1.807) is 30.3 Å². The van der Waals surface area contributed by atoms with Crippen LogP contribution >= 0.6 is 23.2 Å². The van der Waals surface area contributed by atoms with E-state index in [2.05, 4.69) is 0 Å². The van der Waals surface area contributed by atoms with Crippen LogP contribution in [0.1, 0.15) is 29.6 Å². The van der Waals surface area contributed by atoms with E-state index in [1.165, 1.54) is 6.07 Å². The van der Waals surface area contributed by atoms with Crippen molar-refractivity contribution in [1.29, 1.82) is 0 Å². The smallest absolute Gasteiger partial charge is 0.307 e. The van der Waals surface area contributed by atoms with Crippen LogP contribution in [0, 0.1) is 5.82 Å². The van der Waals surface area contributed by atoms with Crippen molar-refractivity contribution in [2.24, 2.45) is 0 Å². The van der Waals surface area contributed by atoms with Crippen LogP contribution in [0.5, 0.6) is 0 Å². The van der Waals surface area contributed by atoms with E-state index in [1.807, 2.05) is 6.07 Å². The van der Waals surface area contributed by atoms with Gasteiger partial charge in [-0.05, 0) is 35.4 Å². The predicted octanol–water partition coefficient (Wildman–Crippen LogP) is 4.90. The Labute approximate surface area is 131 Å². The highest BCUT2D eigenvalue weighted by atomic mass is 35.5. The Morgan fingerprint density at radius 1 is 1.10 bits per heavy atom. The molecule has 0 spiro atoms. The van der Waals surface area contributed by atoms with Crippen molar-refractivity contribution in [1.82, 2.24) is 0 Å². The lowest BCUT2D eigenvalue weighted by molar-refractivity contribution is -0.141. The molecule has 0 radical (unpaired) electrons. The van der Waals surface area contributed by atoms with Crippen LogP contribution < -0.4 is 0 Å². The number of ether oxygens (including phenoxy) is 1. The van der Waals surface area contributed by atoms with Gasteiger partial charge in [0.2, 0.25) is 0 Å². The molecule has 108 valence electrons. The summed E-state index contributed by atoms with van der Waals surface area (Å²) in [7, 11) is 0. The lowest BCUT2D eigenvalue weighted by atomic mass is 9.88. The summed E-state index contributed by atoms with van der Waals surface area (Å²) in [6.45, 7) is 0. The van der Waals surface area contributed by atoms with Gasteiger partial charge in [-0.3, -0.25) is 4.79 Å². The van der Waals surface area contributed by atoms with E-state index in [9.17, 15) is 9.18 Å². The fourth-order valence-electron chi connectivity index (χ4n) is 2.62. The summed E-state index contributed by atoms with van der Waals surface area (Å²) in [4.78, 5) is 11.7. The van der Waals surface area contributed by atoms with E-state index >= 15 is 0 Å². The summed E-state index contributed by atoms with van der Waals surface area (Å²) in [6, 6.07) is 11.5. The third kappa shape index (κ3) is 2.89. The molecule has 0 saturated carbocycles. The van der Waals surface area contributed by atoms with E-state index in [0.717, 1.165) is 5.56 Å². The highest BCUT2D eigenvalue weighted by Gasteiger charge is 2.38. The largest absolute Gasteiger partial charge is 0.457 e. The Bertz CT molecular complexity index is 702. The van der Waals surface area contributed by atoms with Crippen LogP contribution in [0.2, 0.25) is 10.0 Å². The first kappa shape index (κ1) is 14.4. The van der Waals surface area contributed by atoms with Gasteiger partial charge in [-0.2, -0.15) is 0 Å². The molecule has 2 nitrogen and oxygen atoms in total. The zero-order valence-corrected chi connectivity index (χ0v) is 12.4. The summed E-state index contributed by atoms with van der Waals surface area (Å²) < 4.78 is 19.5. The average molecular weight is 325 g/mol. The molecule has 0 aromatic heterocycles. The quantitative estimate of drug-likeness (QED) is 0.734. The summed E-state index contributed by atoms with van der Waals surface area (Å²) in [5.41, 5.74) is 1.18. The third-order valence-electron chi connectivity index (χ3n) is 3.55. The first-order chi connectivity index (χ1) is 10.0. The number of rotatable bonds is 2. The molecule has 5 heteroatoms. The third-order valence-corrected chi connectivity index (χ3v) is 4.02. The van der Waals surface area contributed by atoms with Crippen LogP contribution in [-0.2, 0) is 9.53 Å². The van der Waals surface area contributed by atoms with Crippen molar-refractivity contribution in [2.75, 3.05) is 0 Å². The predicted molar refractivity (Wildman–Crippen MR) is 79.1 cm³/mol. The van der Waals surface area contributed by atoms with E-state index in [4.69, 9.17) is 27.9 Å². The number of carbonyl (C=O) groups excluding carboxylic acids is 1. The Kier molecular flexibility index (Phi) is 3.87. The zero-order valence-electron chi connectivity index (χ0n) is 10.9. The standard InChI is InChI=1S/C16H11Cl2FO2/c17-10-3-1-2-9(6-10)16-13(8-15(20)21-16)12-5-4-11(18)7-14(12)19/h1-7,13,16H,8H2/t13-,16-/m1/s1. The van der Waals surface area contributed by atoms with Crippen LogP contribution in [0.15, 0.2) is 42.5 Å². The van der Waals surface area contributed by atoms with E-state index in [0.29, 0.717) is 15.6 Å². The molecular weight excluding hydrogens is 314 g/mol. The molecule has 0 amide bonds. The van der Waals surface area contributed by atoms with Crippen LogP contribution in [0.25, 0.3) is 0 Å². The molecule has 0 bridgehead atoms. The second kappa shape index (κ2) is 5.66. The summed E-state index contributed by atoms with van der Waals surface area (Å²) in [5, 5.41) is 0.867. The first-order valence-corrected chi connectivity index (χ1v) is 7.20. The molecular formula is C16H11Cl2FO2. The van der Waals surface area contributed by atoms with Gasteiger partial charge in [0.05, 0.1) is 6.42 Å². The van der Waals surface area contributed by atoms with Crippen LogP contribution in [0.3, 0.4) is 0 Å². The van der Waals surface area contributed by atoms with Crippen molar-refractivity contribution in [3.8, 4) is 0 Å². The molecule has 3 rings (SSSR count). The Morgan fingerprint density at radius 2 is 1.86 bits per heavy atom. The number of halogens is 3. The van der Waals surface area contributed by atoms with Gasteiger partial charge in [0.25, 0.3) is 0 Å². The first-order valence-electron chi connectivity index (χ1n) is 6.44. The van der Waals surface area contributed by atoms with Crippen molar-refractivity contribution in [3.05, 3.63) is 69.5 Å². The molecule has 1 heterocycles. The van der Waals surface area contributed by atoms with Crippen molar-refractivity contribution < 1.29 is 13.9 Å². The highest BCUT2D eigenvalue weighted by Crippen LogP contribution is 2.43. The Morgan fingerprint density at radius 3 is 2.57 bits per heavy atom. The molecule has 0 N–H and O–H groups in total. The second-order valence-corrected chi connectivity index (χ2v) is 5.81. The van der Waals surface area contributed by atoms with Gasteiger partial charge in [-0.15, -0.1) is 0 Å². The topological polar surface area (TPSA) is 26.3 Å². The van der Waals surface area contributed by atoms with Gasteiger partial charge in [0.1, 0.15) is 11.9 Å². The SMILES string of the molecule is O=C1C[C@H](c2ccc(Cl)cc2F)[C@@H](c2cccc(Cl)c2)O1. The van der Waals surface area contributed by atoms with E-state index in [-0.39, 0.29) is 18.3 Å². The Balaban J connectivity index is 2.01. The number of carbonyl (C=O) groups is 1. The Hall–Kier alpha value is -1.58. The minimum atomic E-state index is -0.535. The molecule has 1 aliphatic rings. The molecule has 1 fully saturated rings. The van der Waals surface area contributed by atoms with Gasteiger partial charge < -0.3 is 4.74 Å². The van der Waals surface area contributed by atoms with Gasteiger partial charge in [-0.1, -0.05) is 41.4 Å². The molecule has 21 heavy (non-hydrogen) atoms. The average Bonchev–Trinajstić information content (AvgIpc) is 2.80. The van der Waals surface area contributed by atoms with Gasteiger partial charge in [-0.25, -0.2) is 4.39 Å². The molecule has 1 aliphatic heterocycles. The fourth-order valence-corrected chi connectivity index (χ4v) is 2.98. The van der Waals surface area contributed by atoms with Crippen LogP contribution in [-0.4, -0.2) is 5.97 Å². The molecule has 2 aromatic rings.